The summed E-state index contributed by atoms with van der Waals surface area (Å²) in [4.78, 5) is 2.14. The molecular formula is C20H22BrClN2O. The molecule has 0 bridgehead atoms. The van der Waals surface area contributed by atoms with Crippen LogP contribution in [0.1, 0.15) is 31.7 Å². The molecular weight excluding hydrogens is 400 g/mol. The molecule has 0 saturated carbocycles. The van der Waals surface area contributed by atoms with Gasteiger partial charge < -0.3 is 22.1 Å². The molecule has 0 aliphatic carbocycles. The summed E-state index contributed by atoms with van der Waals surface area (Å²) in [6.07, 6.45) is 3.03. The monoisotopic (exact) mass is 420 g/mol. The number of anilines is 1. The van der Waals surface area contributed by atoms with Crippen LogP contribution in [0.2, 0.25) is 5.02 Å². The van der Waals surface area contributed by atoms with Gasteiger partial charge in [-0.15, -0.1) is 0 Å². The number of hydrogen-bond donors (Lipinski definition) is 1. The van der Waals surface area contributed by atoms with Gasteiger partial charge in [-0.3, -0.25) is 4.58 Å². The van der Waals surface area contributed by atoms with Gasteiger partial charge in [0.2, 0.25) is 0 Å². The van der Waals surface area contributed by atoms with E-state index in [4.69, 9.17) is 11.6 Å². The van der Waals surface area contributed by atoms with E-state index in [2.05, 4.69) is 28.5 Å². The lowest BCUT2D eigenvalue weighted by Gasteiger charge is -2.33. The summed E-state index contributed by atoms with van der Waals surface area (Å²) < 4.78 is 2.39. The topological polar surface area (TPSA) is 26.5 Å². The summed E-state index contributed by atoms with van der Waals surface area (Å²) >= 11 is 6.07. The molecule has 0 radical (unpaired) electrons. The van der Waals surface area contributed by atoms with Crippen LogP contribution in [0.15, 0.2) is 54.6 Å². The van der Waals surface area contributed by atoms with E-state index in [1.54, 1.807) is 0 Å². The normalized spacial score (nSPS) is 25.1. The number of nitrogens with zero attached hydrogens (tertiary/aromatic N) is 2. The zero-order valence-corrected chi connectivity index (χ0v) is 16.5. The second-order valence-corrected chi connectivity index (χ2v) is 6.98. The quantitative estimate of drug-likeness (QED) is 0.748. The van der Waals surface area contributed by atoms with Crippen LogP contribution in [-0.2, 0) is 5.72 Å². The Hall–Kier alpha value is -1.36. The lowest BCUT2D eigenvalue weighted by atomic mass is 9.91. The number of para-hydroxylation sites is 1. The van der Waals surface area contributed by atoms with Gasteiger partial charge in [0.15, 0.2) is 6.04 Å². The van der Waals surface area contributed by atoms with Crippen molar-refractivity contribution < 1.29 is 26.7 Å². The Morgan fingerprint density at radius 2 is 1.84 bits per heavy atom. The molecule has 5 heteroatoms. The van der Waals surface area contributed by atoms with Gasteiger partial charge >= 0.3 is 0 Å². The second kappa shape index (κ2) is 7.10. The van der Waals surface area contributed by atoms with E-state index in [0.29, 0.717) is 5.02 Å². The van der Waals surface area contributed by atoms with Crippen LogP contribution in [0.4, 0.5) is 5.69 Å². The fourth-order valence-electron chi connectivity index (χ4n) is 4.26. The summed E-state index contributed by atoms with van der Waals surface area (Å²) in [7, 11) is 0. The van der Waals surface area contributed by atoms with Crippen LogP contribution in [0, 0.1) is 0 Å². The molecule has 3 nitrogen and oxygen atoms in total. The Balaban J connectivity index is 0.00000182. The maximum Gasteiger partial charge on any atom is 0.278 e. The Kier molecular flexibility index (Phi) is 5.24. The van der Waals surface area contributed by atoms with Gasteiger partial charge in [-0.2, -0.15) is 4.90 Å². The Bertz CT molecular complexity index is 778. The van der Waals surface area contributed by atoms with Crippen LogP contribution < -0.4 is 21.9 Å². The van der Waals surface area contributed by atoms with E-state index >= 15 is 0 Å². The van der Waals surface area contributed by atoms with Crippen molar-refractivity contribution in [2.24, 2.45) is 0 Å². The number of hydrogen-bond acceptors (Lipinski definition) is 2. The second-order valence-electron chi connectivity index (χ2n) is 6.54. The van der Waals surface area contributed by atoms with E-state index in [-0.39, 0.29) is 23.0 Å². The summed E-state index contributed by atoms with van der Waals surface area (Å²) in [5.41, 5.74) is 0.855. The molecule has 0 spiro atoms. The third-order valence-electron chi connectivity index (χ3n) is 5.24. The van der Waals surface area contributed by atoms with Gasteiger partial charge in [0.25, 0.3) is 11.6 Å². The van der Waals surface area contributed by atoms with Gasteiger partial charge in [-0.05, 0) is 37.1 Å². The van der Waals surface area contributed by atoms with E-state index in [1.165, 1.54) is 5.84 Å². The van der Waals surface area contributed by atoms with E-state index in [9.17, 15) is 5.11 Å². The van der Waals surface area contributed by atoms with Crippen molar-refractivity contribution in [2.45, 2.75) is 38.0 Å². The van der Waals surface area contributed by atoms with Crippen molar-refractivity contribution in [2.75, 3.05) is 11.4 Å². The Morgan fingerprint density at radius 3 is 2.48 bits per heavy atom. The first-order valence-electron chi connectivity index (χ1n) is 8.62. The van der Waals surface area contributed by atoms with Crippen molar-refractivity contribution in [3.63, 3.8) is 0 Å². The number of amidine groups is 1. The highest BCUT2D eigenvalue weighted by Crippen LogP contribution is 2.43. The van der Waals surface area contributed by atoms with Crippen molar-refractivity contribution in [1.82, 2.24) is 0 Å². The molecule has 132 valence electrons. The molecule has 25 heavy (non-hydrogen) atoms. The van der Waals surface area contributed by atoms with Gasteiger partial charge in [-0.25, -0.2) is 0 Å². The lowest BCUT2D eigenvalue weighted by molar-refractivity contribution is -0.568. The lowest BCUT2D eigenvalue weighted by Crippen LogP contribution is -3.00. The largest absolute Gasteiger partial charge is 1.00 e. The number of benzene rings is 2. The standard InChI is InChI=1S/C20H22ClN2O.BrH/c1-2-18-20(24,15-10-12-16(21)13-11-15)23(17-7-4-3-5-8-17)19-9-6-14-22(18)19;/h3-5,7-8,10-13,18,24H,2,6,9,14H2,1H3;1H/q+1;/p-1. The number of aliphatic hydroxyl groups is 1. The van der Waals surface area contributed by atoms with Crippen molar-refractivity contribution in [1.29, 1.82) is 0 Å². The molecule has 0 saturated heterocycles. The predicted molar refractivity (Wildman–Crippen MR) is 97.7 cm³/mol. The van der Waals surface area contributed by atoms with Crippen molar-refractivity contribution in [3.8, 4) is 0 Å². The highest BCUT2D eigenvalue weighted by atomic mass is 79.9. The predicted octanol–water partition coefficient (Wildman–Crippen LogP) is 0.993. The zero-order chi connectivity index (χ0) is 16.7. The molecule has 0 fully saturated rings. The first-order valence-corrected chi connectivity index (χ1v) is 9.00. The molecule has 2 aliphatic heterocycles. The van der Waals surface area contributed by atoms with E-state index in [1.807, 2.05) is 42.5 Å². The zero-order valence-electron chi connectivity index (χ0n) is 14.2. The van der Waals surface area contributed by atoms with Crippen molar-refractivity contribution in [3.05, 3.63) is 65.2 Å². The highest BCUT2D eigenvalue weighted by molar-refractivity contribution is 6.30. The molecule has 2 aromatic rings. The Morgan fingerprint density at radius 1 is 1.16 bits per heavy atom. The molecule has 2 atom stereocenters. The molecule has 2 heterocycles. The first-order chi connectivity index (χ1) is 11.7. The van der Waals surface area contributed by atoms with Gasteiger partial charge in [0.05, 0.1) is 13.0 Å². The molecule has 1 N–H and O–H groups in total. The van der Waals surface area contributed by atoms with E-state index in [0.717, 1.165) is 37.1 Å². The number of halogens is 2. The van der Waals surface area contributed by atoms with Crippen LogP contribution >= 0.6 is 11.6 Å². The fourth-order valence-corrected chi connectivity index (χ4v) is 4.39. The molecule has 0 amide bonds. The Labute approximate surface area is 164 Å². The van der Waals surface area contributed by atoms with Crippen LogP contribution in [0.25, 0.3) is 0 Å². The first kappa shape index (κ1) is 18.4. The average Bonchev–Trinajstić information content (AvgIpc) is 3.14. The van der Waals surface area contributed by atoms with Gasteiger partial charge in [0, 0.05) is 10.6 Å². The van der Waals surface area contributed by atoms with Gasteiger partial charge in [0.1, 0.15) is 5.69 Å². The SMILES string of the molecule is CCC1[N+]2=C(CCC2)N(c2ccccc2)C1(O)c1ccc(Cl)cc1.[Br-]. The van der Waals surface area contributed by atoms with Crippen LogP contribution in [0.5, 0.6) is 0 Å². The molecule has 4 rings (SSSR count). The van der Waals surface area contributed by atoms with E-state index < -0.39 is 5.72 Å². The summed E-state index contributed by atoms with van der Waals surface area (Å²) in [6, 6.07) is 17.9. The number of rotatable bonds is 3. The summed E-state index contributed by atoms with van der Waals surface area (Å²) in [5.74, 6) is 1.23. The summed E-state index contributed by atoms with van der Waals surface area (Å²) in [6.45, 7) is 3.16. The highest BCUT2D eigenvalue weighted by Gasteiger charge is 2.61. The molecule has 2 aromatic carbocycles. The smallest absolute Gasteiger partial charge is 0.278 e. The fraction of sp³-hybridized carbons (Fsp3) is 0.350. The third kappa shape index (κ3) is 2.80. The minimum Gasteiger partial charge on any atom is -1.00 e. The average molecular weight is 422 g/mol. The molecule has 2 unspecified atom stereocenters. The van der Waals surface area contributed by atoms with Gasteiger partial charge in [-0.1, -0.05) is 48.9 Å². The minimum absolute atomic E-state index is 0. The minimum atomic E-state index is -1.07. The van der Waals surface area contributed by atoms with Crippen molar-refractivity contribution >= 4 is 23.1 Å². The third-order valence-corrected chi connectivity index (χ3v) is 5.49. The summed E-state index contributed by atoms with van der Waals surface area (Å²) in [5, 5.41) is 12.6. The maximum atomic E-state index is 12.0. The van der Waals surface area contributed by atoms with Crippen LogP contribution in [-0.4, -0.2) is 28.1 Å². The molecule has 2 aliphatic rings. The molecule has 0 aromatic heterocycles. The van der Waals surface area contributed by atoms with Crippen LogP contribution in [0.3, 0.4) is 0 Å². The maximum absolute atomic E-state index is 12.0.